The van der Waals surface area contributed by atoms with Gasteiger partial charge in [0.25, 0.3) is 0 Å². The maximum atomic E-state index is 8.76. The largest absolute Gasteiger partial charge is 0.474 e. The Morgan fingerprint density at radius 1 is 1.41 bits per heavy atom. The lowest BCUT2D eigenvalue weighted by molar-refractivity contribution is 0.273. The number of hydrogen-bond donors (Lipinski definition) is 1. The Balaban J connectivity index is 2.88. The number of rotatable bonds is 5. The molecule has 0 amide bonds. The Morgan fingerprint density at radius 2 is 2.12 bits per heavy atom. The second-order valence-electron chi connectivity index (χ2n) is 4.15. The molecular weight excluding hydrogens is 236 g/mol. The van der Waals surface area contributed by atoms with E-state index >= 15 is 0 Å². The van der Waals surface area contributed by atoms with Crippen molar-refractivity contribution in [2.24, 2.45) is 0 Å². The van der Waals surface area contributed by atoms with E-state index in [-0.39, 0.29) is 0 Å². The first-order chi connectivity index (χ1) is 8.04. The van der Waals surface area contributed by atoms with Crippen molar-refractivity contribution in [2.75, 3.05) is 0 Å². The zero-order valence-electron chi connectivity index (χ0n) is 10.3. The summed E-state index contributed by atoms with van der Waals surface area (Å²) in [4.78, 5) is 0. The SMILES string of the molecule is CC(C)NCc1cccc(Cl)c1OC(C)C#N. The molecule has 0 aliphatic rings. The van der Waals surface area contributed by atoms with Crippen LogP contribution in [0.2, 0.25) is 5.02 Å². The molecule has 0 spiro atoms. The van der Waals surface area contributed by atoms with Crippen molar-refractivity contribution < 1.29 is 4.74 Å². The molecule has 0 fully saturated rings. The van der Waals surface area contributed by atoms with Crippen molar-refractivity contribution in [1.29, 1.82) is 5.26 Å². The zero-order valence-corrected chi connectivity index (χ0v) is 11.1. The average molecular weight is 253 g/mol. The van der Waals surface area contributed by atoms with Crippen molar-refractivity contribution in [3.8, 4) is 11.8 Å². The van der Waals surface area contributed by atoms with Gasteiger partial charge < -0.3 is 10.1 Å². The van der Waals surface area contributed by atoms with Crippen LogP contribution >= 0.6 is 11.6 Å². The van der Waals surface area contributed by atoms with Crippen LogP contribution in [0.1, 0.15) is 26.3 Å². The number of para-hydroxylation sites is 1. The number of ether oxygens (including phenoxy) is 1. The molecule has 1 aromatic rings. The molecule has 1 rings (SSSR count). The first kappa shape index (κ1) is 13.8. The number of nitrogens with one attached hydrogen (secondary N) is 1. The fraction of sp³-hybridized carbons (Fsp3) is 0.462. The number of nitriles is 1. The highest BCUT2D eigenvalue weighted by Gasteiger charge is 2.11. The smallest absolute Gasteiger partial charge is 0.181 e. The summed E-state index contributed by atoms with van der Waals surface area (Å²) >= 11 is 6.08. The second-order valence-corrected chi connectivity index (χ2v) is 4.56. The Kier molecular flexibility index (Phi) is 5.27. The first-order valence-electron chi connectivity index (χ1n) is 5.61. The van der Waals surface area contributed by atoms with Gasteiger partial charge in [0.2, 0.25) is 0 Å². The van der Waals surface area contributed by atoms with E-state index in [9.17, 15) is 0 Å². The molecule has 0 saturated carbocycles. The summed E-state index contributed by atoms with van der Waals surface area (Å²) in [5.74, 6) is 0.594. The van der Waals surface area contributed by atoms with Crippen LogP contribution in [0.25, 0.3) is 0 Å². The molecule has 4 heteroatoms. The lowest BCUT2D eigenvalue weighted by atomic mass is 10.2. The zero-order chi connectivity index (χ0) is 12.8. The van der Waals surface area contributed by atoms with Crippen molar-refractivity contribution in [2.45, 2.75) is 39.5 Å². The van der Waals surface area contributed by atoms with Gasteiger partial charge in [-0.25, -0.2) is 0 Å². The molecule has 0 saturated heterocycles. The Bertz CT molecular complexity index is 412. The summed E-state index contributed by atoms with van der Waals surface area (Å²) in [5, 5.41) is 12.6. The molecule has 1 unspecified atom stereocenters. The predicted molar refractivity (Wildman–Crippen MR) is 69.1 cm³/mol. The standard InChI is InChI=1S/C13H17ClN2O/c1-9(2)16-8-11-5-4-6-12(14)13(11)17-10(3)7-15/h4-6,9-10,16H,8H2,1-3H3. The maximum absolute atomic E-state index is 8.76. The van der Waals surface area contributed by atoms with E-state index in [0.29, 0.717) is 23.4 Å². The molecular formula is C13H17ClN2O. The summed E-state index contributed by atoms with van der Waals surface area (Å²) in [6, 6.07) is 8.00. The van der Waals surface area contributed by atoms with E-state index in [4.69, 9.17) is 21.6 Å². The normalized spacial score (nSPS) is 12.2. The van der Waals surface area contributed by atoms with E-state index in [1.165, 1.54) is 0 Å². The molecule has 1 aromatic carbocycles. The van der Waals surface area contributed by atoms with E-state index < -0.39 is 6.10 Å². The first-order valence-corrected chi connectivity index (χ1v) is 5.99. The summed E-state index contributed by atoms with van der Waals surface area (Å²) in [5.41, 5.74) is 0.966. The molecule has 0 aliphatic carbocycles. The van der Waals surface area contributed by atoms with Crippen LogP contribution in [-0.4, -0.2) is 12.1 Å². The van der Waals surface area contributed by atoms with Crippen molar-refractivity contribution in [3.63, 3.8) is 0 Å². The van der Waals surface area contributed by atoms with Gasteiger partial charge in [-0.15, -0.1) is 0 Å². The number of benzene rings is 1. The fourth-order valence-corrected chi connectivity index (χ4v) is 1.58. The summed E-state index contributed by atoms with van der Waals surface area (Å²) in [6.45, 7) is 6.51. The van der Waals surface area contributed by atoms with E-state index in [1.807, 2.05) is 18.2 Å². The molecule has 17 heavy (non-hydrogen) atoms. The van der Waals surface area contributed by atoms with Crippen LogP contribution in [0.5, 0.6) is 5.75 Å². The van der Waals surface area contributed by atoms with Crippen LogP contribution in [0.3, 0.4) is 0 Å². The van der Waals surface area contributed by atoms with E-state index in [1.54, 1.807) is 13.0 Å². The van der Waals surface area contributed by atoms with Gasteiger partial charge in [0.1, 0.15) is 11.8 Å². The van der Waals surface area contributed by atoms with Gasteiger partial charge in [0.05, 0.1) is 5.02 Å². The Hall–Kier alpha value is -1.24. The molecule has 1 atom stereocenters. The highest BCUT2D eigenvalue weighted by Crippen LogP contribution is 2.29. The predicted octanol–water partition coefficient (Wildman–Crippen LogP) is 3.13. The molecule has 0 aliphatic heterocycles. The molecule has 0 heterocycles. The van der Waals surface area contributed by atoms with Crippen LogP contribution in [-0.2, 0) is 6.54 Å². The number of nitrogens with zero attached hydrogens (tertiary/aromatic N) is 1. The molecule has 0 aromatic heterocycles. The summed E-state index contributed by atoms with van der Waals surface area (Å²) in [7, 11) is 0. The fourth-order valence-electron chi connectivity index (χ4n) is 1.34. The van der Waals surface area contributed by atoms with Gasteiger partial charge in [-0.1, -0.05) is 37.6 Å². The van der Waals surface area contributed by atoms with Gasteiger partial charge >= 0.3 is 0 Å². The van der Waals surface area contributed by atoms with Crippen molar-refractivity contribution >= 4 is 11.6 Å². The molecule has 0 bridgehead atoms. The van der Waals surface area contributed by atoms with Crippen molar-refractivity contribution in [3.05, 3.63) is 28.8 Å². The quantitative estimate of drug-likeness (QED) is 0.876. The van der Waals surface area contributed by atoms with Gasteiger partial charge in [0.15, 0.2) is 6.10 Å². The monoisotopic (exact) mass is 252 g/mol. The lowest BCUT2D eigenvalue weighted by Gasteiger charge is -2.16. The van der Waals surface area contributed by atoms with Crippen LogP contribution in [0.15, 0.2) is 18.2 Å². The van der Waals surface area contributed by atoms with E-state index in [0.717, 1.165) is 5.56 Å². The van der Waals surface area contributed by atoms with Crippen molar-refractivity contribution in [1.82, 2.24) is 5.32 Å². The van der Waals surface area contributed by atoms with Gasteiger partial charge in [-0.3, -0.25) is 0 Å². The minimum absolute atomic E-state index is 0.384. The third-order valence-electron chi connectivity index (χ3n) is 2.23. The minimum atomic E-state index is -0.507. The second kappa shape index (κ2) is 6.48. The highest BCUT2D eigenvalue weighted by atomic mass is 35.5. The summed E-state index contributed by atoms with van der Waals surface area (Å²) < 4.78 is 5.52. The number of halogens is 1. The van der Waals surface area contributed by atoms with Gasteiger partial charge in [0, 0.05) is 18.2 Å². The molecule has 3 nitrogen and oxygen atoms in total. The minimum Gasteiger partial charge on any atom is -0.474 e. The van der Waals surface area contributed by atoms with Gasteiger partial charge in [-0.2, -0.15) is 5.26 Å². The maximum Gasteiger partial charge on any atom is 0.181 e. The highest BCUT2D eigenvalue weighted by molar-refractivity contribution is 6.32. The molecule has 92 valence electrons. The topological polar surface area (TPSA) is 45.0 Å². The third kappa shape index (κ3) is 4.26. The van der Waals surface area contributed by atoms with Crippen LogP contribution in [0.4, 0.5) is 0 Å². The van der Waals surface area contributed by atoms with Gasteiger partial charge in [-0.05, 0) is 13.0 Å². The molecule has 1 N–H and O–H groups in total. The Labute approximate surface area is 107 Å². The summed E-state index contributed by atoms with van der Waals surface area (Å²) in [6.07, 6.45) is -0.507. The molecule has 0 radical (unpaired) electrons. The lowest BCUT2D eigenvalue weighted by Crippen LogP contribution is -2.22. The number of hydrogen-bond acceptors (Lipinski definition) is 3. The third-order valence-corrected chi connectivity index (χ3v) is 2.52. The average Bonchev–Trinajstić information content (AvgIpc) is 2.29. The van der Waals surface area contributed by atoms with Crippen LogP contribution < -0.4 is 10.1 Å². The van der Waals surface area contributed by atoms with Crippen LogP contribution in [0, 0.1) is 11.3 Å². The Morgan fingerprint density at radius 3 is 2.71 bits per heavy atom. The van der Waals surface area contributed by atoms with E-state index in [2.05, 4.69) is 19.2 Å².